The first-order valence-corrected chi connectivity index (χ1v) is 5.19. The van der Waals surface area contributed by atoms with E-state index in [0.29, 0.717) is 0 Å². The summed E-state index contributed by atoms with van der Waals surface area (Å²) in [7, 11) is 0. The number of carbonyl (C=O) groups excluding carboxylic acids is 1. The van der Waals surface area contributed by atoms with Gasteiger partial charge in [0.05, 0.1) is 0 Å². The van der Waals surface area contributed by atoms with Crippen LogP contribution in [0.3, 0.4) is 0 Å². The van der Waals surface area contributed by atoms with Crippen LogP contribution >= 0.6 is 0 Å². The highest BCUT2D eigenvalue weighted by atomic mass is 16.6. The molecule has 1 atom stereocenters. The first-order valence-electron chi connectivity index (χ1n) is 5.19. The largest absolute Gasteiger partial charge is 0.459 e. The minimum atomic E-state index is -0.391. The lowest BCUT2D eigenvalue weighted by Crippen LogP contribution is -2.44. The van der Waals surface area contributed by atoms with Crippen LogP contribution in [0.1, 0.15) is 41.0 Å². The van der Waals surface area contributed by atoms with Crippen molar-refractivity contribution < 1.29 is 9.53 Å². The van der Waals surface area contributed by atoms with Crippen LogP contribution in [0.4, 0.5) is 0 Å². The molecule has 0 aliphatic carbocycles. The summed E-state index contributed by atoms with van der Waals surface area (Å²) in [5.74, 6) is -0.125. The summed E-state index contributed by atoms with van der Waals surface area (Å²) in [6.45, 7) is 10.8. The summed E-state index contributed by atoms with van der Waals surface area (Å²) < 4.78 is 5.36. The van der Waals surface area contributed by atoms with E-state index in [1.807, 2.05) is 20.8 Å². The Bertz CT molecular complexity index is 228. The van der Waals surface area contributed by atoms with Gasteiger partial charge in [0, 0.05) is 0 Å². The van der Waals surface area contributed by atoms with E-state index in [-0.39, 0.29) is 17.4 Å². The fourth-order valence-electron chi connectivity index (χ4n) is 1.72. The maximum atomic E-state index is 11.8. The molecule has 0 radical (unpaired) electrons. The Morgan fingerprint density at radius 1 is 1.43 bits per heavy atom. The summed E-state index contributed by atoms with van der Waals surface area (Å²) in [4.78, 5) is 11.8. The van der Waals surface area contributed by atoms with Crippen molar-refractivity contribution >= 4 is 5.97 Å². The fourth-order valence-corrected chi connectivity index (χ4v) is 1.72. The molecule has 0 aromatic carbocycles. The second-order valence-electron chi connectivity index (χ2n) is 5.66. The maximum absolute atomic E-state index is 11.8. The van der Waals surface area contributed by atoms with Gasteiger partial charge in [-0.3, -0.25) is 4.79 Å². The van der Waals surface area contributed by atoms with Crippen molar-refractivity contribution in [3.63, 3.8) is 0 Å². The van der Waals surface area contributed by atoms with Crippen LogP contribution in [0.2, 0.25) is 0 Å². The quantitative estimate of drug-likeness (QED) is 0.653. The van der Waals surface area contributed by atoms with Gasteiger partial charge < -0.3 is 10.1 Å². The topological polar surface area (TPSA) is 38.3 Å². The standard InChI is InChI=1S/C11H21NO2/c1-10(2,3)14-9(13)8-11(4,5)6-7-12-8/h8,12H,6-7H2,1-5H3/t8-/m1/s1. The molecule has 1 fully saturated rings. The molecular formula is C11H21NO2. The Hall–Kier alpha value is -0.570. The second-order valence-corrected chi connectivity index (χ2v) is 5.66. The minimum Gasteiger partial charge on any atom is -0.459 e. The molecule has 0 aromatic heterocycles. The van der Waals surface area contributed by atoms with Gasteiger partial charge in [-0.2, -0.15) is 0 Å². The maximum Gasteiger partial charge on any atom is 0.324 e. The third kappa shape index (κ3) is 2.71. The van der Waals surface area contributed by atoms with E-state index in [0.717, 1.165) is 13.0 Å². The minimum absolute atomic E-state index is 0.0162. The lowest BCUT2D eigenvalue weighted by Gasteiger charge is -2.28. The van der Waals surface area contributed by atoms with E-state index in [1.165, 1.54) is 0 Å². The zero-order valence-corrected chi connectivity index (χ0v) is 9.81. The number of carbonyl (C=O) groups is 1. The van der Waals surface area contributed by atoms with Crippen molar-refractivity contribution in [2.75, 3.05) is 6.54 Å². The molecular weight excluding hydrogens is 178 g/mol. The third-order valence-electron chi connectivity index (χ3n) is 2.54. The number of hydrogen-bond acceptors (Lipinski definition) is 3. The molecule has 0 bridgehead atoms. The zero-order valence-electron chi connectivity index (χ0n) is 9.81. The molecule has 3 nitrogen and oxygen atoms in total. The van der Waals surface area contributed by atoms with Gasteiger partial charge in [-0.25, -0.2) is 0 Å². The molecule has 0 saturated carbocycles. The molecule has 0 aromatic rings. The van der Waals surface area contributed by atoms with Gasteiger partial charge in [-0.1, -0.05) is 13.8 Å². The van der Waals surface area contributed by atoms with E-state index in [1.54, 1.807) is 0 Å². The molecule has 14 heavy (non-hydrogen) atoms. The Balaban J connectivity index is 2.62. The molecule has 1 aliphatic heterocycles. The van der Waals surface area contributed by atoms with Gasteiger partial charge in [0.1, 0.15) is 11.6 Å². The van der Waals surface area contributed by atoms with Crippen molar-refractivity contribution in [1.29, 1.82) is 0 Å². The highest BCUT2D eigenvalue weighted by molar-refractivity contribution is 5.77. The zero-order chi connectivity index (χ0) is 11.0. The second kappa shape index (κ2) is 3.54. The molecule has 1 rings (SSSR count). The molecule has 1 heterocycles. The number of nitrogens with one attached hydrogen (secondary N) is 1. The van der Waals surface area contributed by atoms with Gasteiger partial charge in [0.15, 0.2) is 0 Å². The van der Waals surface area contributed by atoms with E-state index in [2.05, 4.69) is 19.2 Å². The summed E-state index contributed by atoms with van der Waals surface area (Å²) in [5, 5.41) is 3.19. The van der Waals surface area contributed by atoms with E-state index in [9.17, 15) is 4.79 Å². The lowest BCUT2D eigenvalue weighted by molar-refractivity contribution is -0.159. The molecule has 3 heteroatoms. The Kier molecular flexibility index (Phi) is 2.91. The Morgan fingerprint density at radius 3 is 2.36 bits per heavy atom. The average molecular weight is 199 g/mol. The average Bonchev–Trinajstić information content (AvgIpc) is 2.25. The normalized spacial score (nSPS) is 26.2. The number of hydrogen-bond donors (Lipinski definition) is 1. The summed E-state index contributed by atoms with van der Waals surface area (Å²) in [6, 6.07) is -0.151. The first kappa shape index (κ1) is 11.5. The Labute approximate surface area is 86.2 Å². The highest BCUT2D eigenvalue weighted by Crippen LogP contribution is 2.31. The molecule has 0 spiro atoms. The van der Waals surface area contributed by atoms with Crippen LogP contribution in [0.5, 0.6) is 0 Å². The first-order chi connectivity index (χ1) is 6.22. The van der Waals surface area contributed by atoms with Gasteiger partial charge in [0.2, 0.25) is 0 Å². The monoisotopic (exact) mass is 199 g/mol. The van der Waals surface area contributed by atoms with Crippen molar-refractivity contribution in [3.05, 3.63) is 0 Å². The van der Waals surface area contributed by atoms with E-state index in [4.69, 9.17) is 4.74 Å². The molecule has 1 saturated heterocycles. The van der Waals surface area contributed by atoms with Crippen LogP contribution in [0.25, 0.3) is 0 Å². The molecule has 1 N–H and O–H groups in total. The van der Waals surface area contributed by atoms with E-state index >= 15 is 0 Å². The smallest absolute Gasteiger partial charge is 0.324 e. The van der Waals surface area contributed by atoms with Gasteiger partial charge in [-0.15, -0.1) is 0 Å². The SMILES string of the molecule is CC(C)(C)OC(=O)[C@H]1NCCC1(C)C. The van der Waals surface area contributed by atoms with Crippen LogP contribution in [-0.2, 0) is 9.53 Å². The van der Waals surface area contributed by atoms with Gasteiger partial charge >= 0.3 is 5.97 Å². The lowest BCUT2D eigenvalue weighted by atomic mass is 9.85. The van der Waals surface area contributed by atoms with Crippen LogP contribution in [-0.4, -0.2) is 24.2 Å². The van der Waals surface area contributed by atoms with Crippen LogP contribution < -0.4 is 5.32 Å². The predicted octanol–water partition coefficient (Wildman–Crippen LogP) is 1.72. The molecule has 0 unspecified atom stereocenters. The third-order valence-corrected chi connectivity index (χ3v) is 2.54. The summed E-state index contributed by atoms with van der Waals surface area (Å²) in [5.41, 5.74) is -0.375. The highest BCUT2D eigenvalue weighted by Gasteiger charge is 2.41. The molecule has 1 aliphatic rings. The predicted molar refractivity (Wildman–Crippen MR) is 56.0 cm³/mol. The number of esters is 1. The van der Waals surface area contributed by atoms with Crippen molar-refractivity contribution in [2.24, 2.45) is 5.41 Å². The van der Waals surface area contributed by atoms with Crippen molar-refractivity contribution in [3.8, 4) is 0 Å². The van der Waals surface area contributed by atoms with Crippen molar-refractivity contribution in [1.82, 2.24) is 5.32 Å². The van der Waals surface area contributed by atoms with Crippen LogP contribution in [0.15, 0.2) is 0 Å². The number of ether oxygens (including phenoxy) is 1. The molecule has 82 valence electrons. The molecule has 0 amide bonds. The van der Waals surface area contributed by atoms with Gasteiger partial charge in [-0.05, 0) is 39.2 Å². The summed E-state index contributed by atoms with van der Waals surface area (Å²) in [6.07, 6.45) is 1.02. The fraction of sp³-hybridized carbons (Fsp3) is 0.909. The van der Waals surface area contributed by atoms with Gasteiger partial charge in [0.25, 0.3) is 0 Å². The van der Waals surface area contributed by atoms with Crippen LogP contribution in [0, 0.1) is 5.41 Å². The Morgan fingerprint density at radius 2 is 2.00 bits per heavy atom. The number of rotatable bonds is 1. The van der Waals surface area contributed by atoms with E-state index < -0.39 is 5.60 Å². The summed E-state index contributed by atoms with van der Waals surface area (Å²) >= 11 is 0. The van der Waals surface area contributed by atoms with Crippen molar-refractivity contribution in [2.45, 2.75) is 52.7 Å².